The average molecular weight is 161 g/mol. The van der Waals surface area contributed by atoms with Gasteiger partial charge in [-0.1, -0.05) is 6.58 Å². The van der Waals surface area contributed by atoms with Crippen LogP contribution in [0.1, 0.15) is 19.3 Å². The summed E-state index contributed by atoms with van der Waals surface area (Å²) in [4.78, 5) is 0. The van der Waals surface area contributed by atoms with Gasteiger partial charge in [0.25, 0.3) is 0 Å². The van der Waals surface area contributed by atoms with Gasteiger partial charge in [0, 0.05) is 12.5 Å². The number of halogens is 1. The Bertz CT molecular complexity index is 116. The summed E-state index contributed by atoms with van der Waals surface area (Å²) in [5.41, 5.74) is 1.03. The zero-order valence-electron chi connectivity index (χ0n) is 6.11. The molecule has 0 aromatic rings. The first-order valence-corrected chi connectivity index (χ1v) is 4.23. The lowest BCUT2D eigenvalue weighted by Crippen LogP contribution is -2.21. The maximum Gasteiger partial charge on any atom is 0.0793 e. The highest BCUT2D eigenvalue weighted by Gasteiger charge is 2.15. The molecule has 0 N–H and O–H groups in total. The number of ether oxygens (including phenoxy) is 1. The lowest BCUT2D eigenvalue weighted by molar-refractivity contribution is 0.0399. The molecule has 1 fully saturated rings. The van der Waals surface area contributed by atoms with Crippen molar-refractivity contribution in [3.63, 3.8) is 0 Å². The van der Waals surface area contributed by atoms with Gasteiger partial charge >= 0.3 is 0 Å². The van der Waals surface area contributed by atoms with E-state index in [2.05, 4.69) is 6.58 Å². The molecule has 0 aliphatic carbocycles. The minimum atomic E-state index is 0.242. The largest absolute Gasteiger partial charge is 0.374 e. The second kappa shape index (κ2) is 3.99. The van der Waals surface area contributed by atoms with E-state index in [-0.39, 0.29) is 6.10 Å². The van der Waals surface area contributed by atoms with E-state index < -0.39 is 0 Å². The smallest absolute Gasteiger partial charge is 0.0793 e. The second-order valence-electron chi connectivity index (χ2n) is 2.65. The molecule has 1 rings (SSSR count). The Labute approximate surface area is 67.0 Å². The van der Waals surface area contributed by atoms with Crippen molar-refractivity contribution in [2.24, 2.45) is 0 Å². The highest BCUT2D eigenvalue weighted by atomic mass is 35.5. The second-order valence-corrected chi connectivity index (χ2v) is 2.91. The minimum absolute atomic E-state index is 0.242. The number of alkyl halides is 1. The molecule has 1 nitrogen and oxygen atoms in total. The van der Waals surface area contributed by atoms with Crippen molar-refractivity contribution in [2.75, 3.05) is 12.5 Å². The van der Waals surface area contributed by atoms with Crippen LogP contribution < -0.4 is 0 Å². The van der Waals surface area contributed by atoms with Gasteiger partial charge in [-0.2, -0.15) is 0 Å². The van der Waals surface area contributed by atoms with Crippen LogP contribution in [0, 0.1) is 0 Å². The molecule has 10 heavy (non-hydrogen) atoms. The molecule has 0 radical (unpaired) electrons. The summed E-state index contributed by atoms with van der Waals surface area (Å²) in [6, 6.07) is 0. The molecule has 0 aromatic heterocycles. The van der Waals surface area contributed by atoms with E-state index in [4.69, 9.17) is 16.3 Å². The average Bonchev–Trinajstić information content (AvgIpc) is 2.05. The van der Waals surface area contributed by atoms with Crippen molar-refractivity contribution < 1.29 is 4.74 Å². The molecule has 1 aliphatic heterocycles. The molecule has 1 aliphatic rings. The van der Waals surface area contributed by atoms with Gasteiger partial charge in [-0.05, 0) is 24.8 Å². The standard InChI is InChI=1S/C8H13ClO/c1-7(6-9)8-4-2-3-5-10-8/h8H,1-6H2. The molecule has 0 amide bonds. The summed E-state index contributed by atoms with van der Waals surface area (Å²) in [5.74, 6) is 0.532. The van der Waals surface area contributed by atoms with Crippen LogP contribution in [0.5, 0.6) is 0 Å². The van der Waals surface area contributed by atoms with Crippen LogP contribution in [0.25, 0.3) is 0 Å². The summed E-state index contributed by atoms with van der Waals surface area (Å²) >= 11 is 5.61. The van der Waals surface area contributed by atoms with E-state index in [9.17, 15) is 0 Å². The van der Waals surface area contributed by atoms with Crippen molar-refractivity contribution in [1.29, 1.82) is 0 Å². The first-order valence-electron chi connectivity index (χ1n) is 3.70. The Hall–Kier alpha value is -0.0100. The van der Waals surface area contributed by atoms with Crippen LogP contribution in [0.3, 0.4) is 0 Å². The van der Waals surface area contributed by atoms with E-state index in [1.54, 1.807) is 0 Å². The molecule has 0 spiro atoms. The zero-order chi connectivity index (χ0) is 7.40. The molecule has 58 valence electrons. The van der Waals surface area contributed by atoms with Gasteiger partial charge < -0.3 is 4.74 Å². The monoisotopic (exact) mass is 160 g/mol. The van der Waals surface area contributed by atoms with Gasteiger partial charge in [-0.15, -0.1) is 11.6 Å². The molecular weight excluding hydrogens is 148 g/mol. The zero-order valence-corrected chi connectivity index (χ0v) is 6.86. The highest BCUT2D eigenvalue weighted by Crippen LogP contribution is 2.18. The molecule has 1 atom stereocenters. The SMILES string of the molecule is C=C(CCl)C1CCCCO1. The molecule has 0 saturated carbocycles. The molecule has 2 heteroatoms. The van der Waals surface area contributed by atoms with Crippen LogP contribution in [0.4, 0.5) is 0 Å². The first-order chi connectivity index (χ1) is 4.84. The Balaban J connectivity index is 2.31. The van der Waals surface area contributed by atoms with Gasteiger partial charge in [-0.3, -0.25) is 0 Å². The van der Waals surface area contributed by atoms with Gasteiger partial charge in [0.15, 0.2) is 0 Å². The number of hydrogen-bond acceptors (Lipinski definition) is 1. The molecule has 0 bridgehead atoms. The van der Waals surface area contributed by atoms with Crippen LogP contribution in [-0.2, 0) is 4.74 Å². The van der Waals surface area contributed by atoms with Crippen molar-refractivity contribution >= 4 is 11.6 Å². The van der Waals surface area contributed by atoms with Gasteiger partial charge in [0.2, 0.25) is 0 Å². The predicted molar refractivity (Wildman–Crippen MR) is 43.5 cm³/mol. The van der Waals surface area contributed by atoms with Crippen LogP contribution in [-0.4, -0.2) is 18.6 Å². The maximum atomic E-state index is 5.61. The fourth-order valence-electron chi connectivity index (χ4n) is 1.15. The van der Waals surface area contributed by atoms with Crippen LogP contribution in [0.15, 0.2) is 12.2 Å². The lowest BCUT2D eigenvalue weighted by Gasteiger charge is -2.23. The van der Waals surface area contributed by atoms with Crippen molar-refractivity contribution in [3.05, 3.63) is 12.2 Å². The van der Waals surface area contributed by atoms with Gasteiger partial charge in [0.05, 0.1) is 6.10 Å². The quantitative estimate of drug-likeness (QED) is 0.445. The maximum absolute atomic E-state index is 5.61. The van der Waals surface area contributed by atoms with Crippen LogP contribution in [0.2, 0.25) is 0 Å². The number of hydrogen-bond donors (Lipinski definition) is 0. The molecule has 1 unspecified atom stereocenters. The van der Waals surface area contributed by atoms with E-state index in [1.165, 1.54) is 12.8 Å². The van der Waals surface area contributed by atoms with Gasteiger partial charge in [-0.25, -0.2) is 0 Å². The normalized spacial score (nSPS) is 26.3. The Kier molecular flexibility index (Phi) is 3.23. The third-order valence-electron chi connectivity index (χ3n) is 1.81. The Morgan fingerprint density at radius 1 is 1.60 bits per heavy atom. The van der Waals surface area contributed by atoms with E-state index in [1.807, 2.05) is 0 Å². The molecular formula is C8H13ClO. The minimum Gasteiger partial charge on any atom is -0.374 e. The van der Waals surface area contributed by atoms with E-state index >= 15 is 0 Å². The summed E-state index contributed by atoms with van der Waals surface area (Å²) in [6.45, 7) is 4.72. The lowest BCUT2D eigenvalue weighted by atomic mass is 10.0. The Morgan fingerprint density at radius 2 is 2.40 bits per heavy atom. The van der Waals surface area contributed by atoms with Crippen molar-refractivity contribution in [2.45, 2.75) is 25.4 Å². The topological polar surface area (TPSA) is 9.23 Å². The number of rotatable bonds is 2. The van der Waals surface area contributed by atoms with Gasteiger partial charge in [0.1, 0.15) is 0 Å². The first kappa shape index (κ1) is 8.09. The summed E-state index contributed by atoms with van der Waals surface area (Å²) in [7, 11) is 0. The summed E-state index contributed by atoms with van der Waals surface area (Å²) in [6.07, 6.45) is 3.78. The van der Waals surface area contributed by atoms with Crippen LogP contribution >= 0.6 is 11.6 Å². The Morgan fingerprint density at radius 3 is 2.90 bits per heavy atom. The third kappa shape index (κ3) is 1.99. The predicted octanol–water partition coefficient (Wildman–Crippen LogP) is 2.35. The molecule has 1 saturated heterocycles. The fraction of sp³-hybridized carbons (Fsp3) is 0.750. The summed E-state index contributed by atoms with van der Waals surface area (Å²) in [5, 5.41) is 0. The van der Waals surface area contributed by atoms with E-state index in [0.29, 0.717) is 5.88 Å². The molecule has 1 heterocycles. The van der Waals surface area contributed by atoms with Crippen molar-refractivity contribution in [1.82, 2.24) is 0 Å². The fourth-order valence-corrected chi connectivity index (χ4v) is 1.32. The van der Waals surface area contributed by atoms with Crippen molar-refractivity contribution in [3.8, 4) is 0 Å². The third-order valence-corrected chi connectivity index (χ3v) is 2.15. The highest BCUT2D eigenvalue weighted by molar-refractivity contribution is 6.19. The van der Waals surface area contributed by atoms with E-state index in [0.717, 1.165) is 18.6 Å². The summed E-state index contributed by atoms with van der Waals surface area (Å²) < 4.78 is 5.45. The molecule has 0 aromatic carbocycles.